The zero-order valence-corrected chi connectivity index (χ0v) is 13.3. The maximum atomic E-state index is 12.1. The number of carboxylic acid groups (broad SMARTS) is 1. The highest BCUT2D eigenvalue weighted by Crippen LogP contribution is 2.21. The number of hydrogen-bond acceptors (Lipinski definition) is 4. The third-order valence-corrected chi connectivity index (χ3v) is 4.86. The molecular weight excluding hydrogens is 346 g/mol. The molecule has 1 aromatic heterocycles. The number of nitrogens with zero attached hydrogens (tertiary/aromatic N) is 1. The van der Waals surface area contributed by atoms with Crippen molar-refractivity contribution in [1.82, 2.24) is 4.90 Å². The minimum atomic E-state index is -0.896. The van der Waals surface area contributed by atoms with E-state index < -0.39 is 5.97 Å². The summed E-state index contributed by atoms with van der Waals surface area (Å²) >= 11 is 5.02. The maximum absolute atomic E-state index is 12.1. The highest BCUT2D eigenvalue weighted by molar-refractivity contribution is 9.10. The molecule has 0 aliphatic carbocycles. The number of carboxylic acids is 1. The van der Waals surface area contributed by atoms with Crippen LogP contribution < -0.4 is 0 Å². The van der Waals surface area contributed by atoms with E-state index in [-0.39, 0.29) is 18.4 Å². The van der Waals surface area contributed by atoms with Gasteiger partial charge in [-0.15, -0.1) is 11.3 Å². The molecule has 110 valence electrons. The fraction of sp³-hybridized carbons (Fsp3) is 0.538. The first-order valence-electron chi connectivity index (χ1n) is 6.38. The van der Waals surface area contributed by atoms with Crippen molar-refractivity contribution in [1.29, 1.82) is 0 Å². The van der Waals surface area contributed by atoms with Crippen LogP contribution in [0.1, 0.15) is 17.7 Å². The van der Waals surface area contributed by atoms with Crippen LogP contribution in [-0.4, -0.2) is 47.7 Å². The molecule has 2 heterocycles. The molecule has 1 amide bonds. The lowest BCUT2D eigenvalue weighted by Gasteiger charge is -2.32. The predicted octanol–water partition coefficient (Wildman–Crippen LogP) is 2.15. The summed E-state index contributed by atoms with van der Waals surface area (Å²) < 4.78 is 6.40. The molecule has 7 heteroatoms. The topological polar surface area (TPSA) is 66.8 Å². The molecule has 1 N–H and O–H groups in total. The van der Waals surface area contributed by atoms with E-state index >= 15 is 0 Å². The summed E-state index contributed by atoms with van der Waals surface area (Å²) in [5, 5.41) is 10.8. The van der Waals surface area contributed by atoms with E-state index in [0.29, 0.717) is 26.1 Å². The highest BCUT2D eigenvalue weighted by Gasteiger charge is 2.25. The number of thiophene rings is 1. The van der Waals surface area contributed by atoms with Crippen LogP contribution in [0.25, 0.3) is 0 Å². The molecule has 1 aromatic rings. The Labute approximate surface area is 129 Å². The summed E-state index contributed by atoms with van der Waals surface area (Å²) in [6, 6.07) is 2.02. The lowest BCUT2D eigenvalue weighted by atomic mass is 10.2. The lowest BCUT2D eigenvalue weighted by Crippen LogP contribution is -2.46. The molecule has 1 saturated heterocycles. The van der Waals surface area contributed by atoms with Crippen molar-refractivity contribution in [3.8, 4) is 0 Å². The Morgan fingerprint density at radius 1 is 1.55 bits per heavy atom. The smallest absolute Gasteiger partial charge is 0.306 e. The van der Waals surface area contributed by atoms with Gasteiger partial charge in [-0.2, -0.15) is 0 Å². The first-order valence-corrected chi connectivity index (χ1v) is 8.06. The fourth-order valence-electron chi connectivity index (χ4n) is 2.14. The standard InChI is InChI=1S/C13H16BrNO4S/c14-9-5-11(20-8-9)1-2-12(16)15-3-4-19-10(7-15)6-13(17)18/h5,8,10H,1-4,6-7H2,(H,17,18)/t10-/m1/s1. The molecule has 20 heavy (non-hydrogen) atoms. The number of amides is 1. The number of carbonyl (C=O) groups excluding carboxylic acids is 1. The van der Waals surface area contributed by atoms with E-state index in [9.17, 15) is 9.59 Å². The van der Waals surface area contributed by atoms with Crippen molar-refractivity contribution >= 4 is 39.1 Å². The van der Waals surface area contributed by atoms with E-state index in [1.165, 1.54) is 4.88 Å². The number of ether oxygens (including phenoxy) is 1. The van der Waals surface area contributed by atoms with Gasteiger partial charge >= 0.3 is 5.97 Å². The van der Waals surface area contributed by atoms with Gasteiger partial charge in [-0.1, -0.05) is 0 Å². The number of aliphatic carboxylic acids is 1. The molecule has 1 aliphatic heterocycles. The first kappa shape index (κ1) is 15.5. The van der Waals surface area contributed by atoms with Crippen molar-refractivity contribution in [2.24, 2.45) is 0 Å². The molecule has 0 spiro atoms. The van der Waals surface area contributed by atoms with E-state index in [0.717, 1.165) is 10.9 Å². The van der Waals surface area contributed by atoms with Crippen molar-refractivity contribution < 1.29 is 19.4 Å². The fourth-order valence-corrected chi connectivity index (χ4v) is 3.59. The summed E-state index contributed by atoms with van der Waals surface area (Å²) in [6.45, 7) is 1.33. The molecule has 0 saturated carbocycles. The van der Waals surface area contributed by atoms with E-state index in [2.05, 4.69) is 15.9 Å². The van der Waals surface area contributed by atoms with E-state index in [4.69, 9.17) is 9.84 Å². The summed E-state index contributed by atoms with van der Waals surface area (Å²) in [5.41, 5.74) is 0. The first-order chi connectivity index (χ1) is 9.54. The molecule has 0 radical (unpaired) electrons. The number of morpholine rings is 1. The minimum Gasteiger partial charge on any atom is -0.481 e. The SMILES string of the molecule is O=C(O)C[C@@H]1CN(C(=O)CCc2cc(Br)cs2)CCO1. The van der Waals surface area contributed by atoms with Gasteiger partial charge in [-0.25, -0.2) is 0 Å². The third kappa shape index (κ3) is 4.57. The van der Waals surface area contributed by atoms with Crippen LogP contribution >= 0.6 is 27.3 Å². The second-order valence-corrected chi connectivity index (χ2v) is 6.57. The molecular formula is C13H16BrNO4S. The predicted molar refractivity (Wildman–Crippen MR) is 78.9 cm³/mol. The van der Waals surface area contributed by atoms with Gasteiger partial charge in [-0.3, -0.25) is 9.59 Å². The minimum absolute atomic E-state index is 0.0539. The van der Waals surface area contributed by atoms with Crippen LogP contribution in [0.5, 0.6) is 0 Å². The molecule has 1 aliphatic rings. The Balaban J connectivity index is 1.81. The van der Waals surface area contributed by atoms with Gasteiger partial charge < -0.3 is 14.7 Å². The second-order valence-electron chi connectivity index (χ2n) is 4.66. The zero-order chi connectivity index (χ0) is 14.5. The molecule has 5 nitrogen and oxygen atoms in total. The van der Waals surface area contributed by atoms with Gasteiger partial charge in [0.1, 0.15) is 0 Å². The van der Waals surface area contributed by atoms with Crippen LogP contribution in [0.4, 0.5) is 0 Å². The Morgan fingerprint density at radius 3 is 3.00 bits per heavy atom. The van der Waals surface area contributed by atoms with Crippen LogP contribution in [0.2, 0.25) is 0 Å². The summed E-state index contributed by atoms with van der Waals surface area (Å²) in [4.78, 5) is 25.7. The number of hydrogen-bond donors (Lipinski definition) is 1. The molecule has 0 bridgehead atoms. The Kier molecular flexibility index (Phi) is 5.56. The van der Waals surface area contributed by atoms with Crippen LogP contribution in [0, 0.1) is 0 Å². The summed E-state index contributed by atoms with van der Waals surface area (Å²) in [5.74, 6) is -0.832. The van der Waals surface area contributed by atoms with Crippen LogP contribution in [-0.2, 0) is 20.7 Å². The Bertz CT molecular complexity index is 490. The van der Waals surface area contributed by atoms with Crippen molar-refractivity contribution in [3.05, 3.63) is 20.8 Å². The lowest BCUT2D eigenvalue weighted by molar-refractivity contribution is -0.147. The number of carbonyl (C=O) groups is 2. The van der Waals surface area contributed by atoms with Crippen LogP contribution in [0.15, 0.2) is 15.9 Å². The zero-order valence-electron chi connectivity index (χ0n) is 10.9. The normalized spacial score (nSPS) is 19.1. The maximum Gasteiger partial charge on any atom is 0.306 e. The van der Waals surface area contributed by atoms with Gasteiger partial charge in [0.2, 0.25) is 5.91 Å². The van der Waals surface area contributed by atoms with Gasteiger partial charge in [0, 0.05) is 34.2 Å². The molecule has 1 atom stereocenters. The molecule has 2 rings (SSSR count). The molecule has 1 fully saturated rings. The van der Waals surface area contributed by atoms with Gasteiger partial charge in [-0.05, 0) is 28.4 Å². The van der Waals surface area contributed by atoms with Crippen molar-refractivity contribution in [2.45, 2.75) is 25.4 Å². The average molecular weight is 362 g/mol. The van der Waals surface area contributed by atoms with Gasteiger partial charge in [0.25, 0.3) is 0 Å². The van der Waals surface area contributed by atoms with Crippen LogP contribution in [0.3, 0.4) is 0 Å². The van der Waals surface area contributed by atoms with E-state index in [1.807, 2.05) is 11.4 Å². The number of rotatable bonds is 5. The van der Waals surface area contributed by atoms with E-state index in [1.54, 1.807) is 16.2 Å². The monoisotopic (exact) mass is 361 g/mol. The van der Waals surface area contributed by atoms with Gasteiger partial charge in [0.15, 0.2) is 0 Å². The van der Waals surface area contributed by atoms with Crippen molar-refractivity contribution in [2.75, 3.05) is 19.7 Å². The van der Waals surface area contributed by atoms with Crippen molar-refractivity contribution in [3.63, 3.8) is 0 Å². The average Bonchev–Trinajstić information content (AvgIpc) is 2.81. The number of aryl methyl sites for hydroxylation is 1. The number of halogens is 1. The Hall–Kier alpha value is -0.920. The largest absolute Gasteiger partial charge is 0.481 e. The molecule has 0 aromatic carbocycles. The summed E-state index contributed by atoms with van der Waals surface area (Å²) in [6.07, 6.45) is 0.728. The molecule has 0 unspecified atom stereocenters. The second kappa shape index (κ2) is 7.19. The van der Waals surface area contributed by atoms with Gasteiger partial charge in [0.05, 0.1) is 19.1 Å². The highest BCUT2D eigenvalue weighted by atomic mass is 79.9. The third-order valence-electron chi connectivity index (χ3n) is 3.10. The summed E-state index contributed by atoms with van der Waals surface area (Å²) in [7, 11) is 0. The Morgan fingerprint density at radius 2 is 2.35 bits per heavy atom. The quantitative estimate of drug-likeness (QED) is 0.872.